The third-order valence-electron chi connectivity index (χ3n) is 7.43. The average Bonchev–Trinajstić information content (AvgIpc) is 3.92. The number of nitrogens with one attached hydrogen (secondary N) is 1. The molecule has 5 aromatic rings. The molecule has 0 bridgehead atoms. The van der Waals surface area contributed by atoms with Crippen LogP contribution in [0.4, 0.5) is 0 Å². The number of hydrogen-bond donors (Lipinski definition) is 1. The lowest BCUT2D eigenvalue weighted by Crippen LogP contribution is -2.11. The number of rotatable bonds is 13. The van der Waals surface area contributed by atoms with E-state index in [4.69, 9.17) is 45.4 Å². The largest absolute Gasteiger partial charge is 0.497 e. The van der Waals surface area contributed by atoms with E-state index in [-0.39, 0.29) is 17.6 Å². The van der Waals surface area contributed by atoms with Crippen LogP contribution in [0.15, 0.2) is 84.9 Å². The van der Waals surface area contributed by atoms with E-state index in [0.717, 1.165) is 30.0 Å². The van der Waals surface area contributed by atoms with Crippen molar-refractivity contribution >= 4 is 51.3 Å². The number of halogens is 1. The van der Waals surface area contributed by atoms with Crippen LogP contribution in [0, 0.1) is 5.41 Å². The molecule has 0 aliphatic carbocycles. The fourth-order valence-corrected chi connectivity index (χ4v) is 5.16. The highest BCUT2D eigenvalue weighted by molar-refractivity contribution is 6.37. The summed E-state index contributed by atoms with van der Waals surface area (Å²) in [6, 6.07) is 23.8. The summed E-state index contributed by atoms with van der Waals surface area (Å²) in [4.78, 5) is 26.0. The lowest BCUT2D eigenvalue weighted by molar-refractivity contribution is 0.0725. The Hall–Kier alpha value is -4.96. The van der Waals surface area contributed by atoms with E-state index >= 15 is 0 Å². The molecule has 1 unspecified atom stereocenters. The molecule has 0 amide bonds. The number of benzene rings is 5. The van der Waals surface area contributed by atoms with Gasteiger partial charge in [0.25, 0.3) is 0 Å². The minimum absolute atomic E-state index is 0.222. The number of epoxide rings is 1. The van der Waals surface area contributed by atoms with Crippen molar-refractivity contribution in [1.82, 2.24) is 0 Å². The van der Waals surface area contributed by atoms with Gasteiger partial charge in [-0.25, -0.2) is 9.59 Å². The monoisotopic (exact) mass is 639 g/mol. The molecule has 0 saturated carbocycles. The molecule has 0 aromatic heterocycles. The predicted molar refractivity (Wildman–Crippen MR) is 174 cm³/mol. The highest BCUT2D eigenvalue weighted by Crippen LogP contribution is 2.35. The SMILES string of the molecule is COc1ccc2c(Cl)c(OC(=O)c3ccc4c(C=N)c(OC(=O)c5ccc(OCCCOCC6CO6)cc5)ccc4c3)ccc2c1. The lowest BCUT2D eigenvalue weighted by Gasteiger charge is -2.12. The lowest BCUT2D eigenvalue weighted by atomic mass is 10.0. The minimum atomic E-state index is -0.590. The summed E-state index contributed by atoms with van der Waals surface area (Å²) in [6.07, 6.45) is 2.10. The van der Waals surface area contributed by atoms with E-state index in [1.54, 1.807) is 79.9 Å². The zero-order valence-corrected chi connectivity index (χ0v) is 25.7. The third kappa shape index (κ3) is 7.13. The van der Waals surface area contributed by atoms with Gasteiger partial charge in [-0.1, -0.05) is 29.8 Å². The van der Waals surface area contributed by atoms with E-state index in [2.05, 4.69) is 0 Å². The molecular weight excluding hydrogens is 610 g/mol. The molecule has 234 valence electrons. The molecule has 1 heterocycles. The van der Waals surface area contributed by atoms with E-state index in [1.807, 2.05) is 12.1 Å². The minimum Gasteiger partial charge on any atom is -0.497 e. The maximum absolute atomic E-state index is 13.1. The summed E-state index contributed by atoms with van der Waals surface area (Å²) in [7, 11) is 1.59. The zero-order chi connectivity index (χ0) is 32.0. The van der Waals surface area contributed by atoms with Crippen LogP contribution in [-0.2, 0) is 9.47 Å². The Kier molecular flexibility index (Phi) is 9.44. The van der Waals surface area contributed by atoms with Gasteiger partial charge in [-0.05, 0) is 82.9 Å². The molecule has 6 rings (SSSR count). The molecule has 1 N–H and O–H groups in total. The van der Waals surface area contributed by atoms with E-state index in [1.165, 1.54) is 0 Å². The first kappa shape index (κ1) is 31.0. The Morgan fingerprint density at radius 2 is 1.48 bits per heavy atom. The van der Waals surface area contributed by atoms with Gasteiger partial charge in [0.05, 0.1) is 43.1 Å². The Morgan fingerprint density at radius 1 is 0.826 bits per heavy atom. The standard InChI is InChI=1S/C36H30ClNO8/c1-41-27-10-12-30-24(18-27)7-14-33(34(30)37)46-36(40)25-5-11-29-23(17-25)6-13-32(31(29)19-38)45-35(39)22-3-8-26(9-4-22)43-16-2-15-42-20-28-21-44-28/h3-14,17-19,28,38H,2,15-16,20-21H2,1H3. The summed E-state index contributed by atoms with van der Waals surface area (Å²) in [5.41, 5.74) is 1.02. The van der Waals surface area contributed by atoms with Gasteiger partial charge < -0.3 is 33.8 Å². The van der Waals surface area contributed by atoms with Gasteiger partial charge in [0.1, 0.15) is 29.1 Å². The van der Waals surface area contributed by atoms with E-state index < -0.39 is 11.9 Å². The smallest absolute Gasteiger partial charge is 0.343 e. The van der Waals surface area contributed by atoms with Crippen LogP contribution in [0.1, 0.15) is 32.7 Å². The Balaban J connectivity index is 1.10. The van der Waals surface area contributed by atoms with Gasteiger partial charge >= 0.3 is 11.9 Å². The van der Waals surface area contributed by atoms with Gasteiger partial charge in [-0.15, -0.1) is 0 Å². The van der Waals surface area contributed by atoms with Crippen LogP contribution >= 0.6 is 11.6 Å². The maximum Gasteiger partial charge on any atom is 0.343 e. The van der Waals surface area contributed by atoms with Crippen LogP contribution in [0.3, 0.4) is 0 Å². The molecule has 0 radical (unpaired) electrons. The van der Waals surface area contributed by atoms with Crippen LogP contribution < -0.4 is 18.9 Å². The summed E-state index contributed by atoms with van der Waals surface area (Å²) < 4.78 is 32.9. The number of fused-ring (bicyclic) bond motifs is 2. The molecule has 46 heavy (non-hydrogen) atoms. The first-order chi connectivity index (χ1) is 22.4. The van der Waals surface area contributed by atoms with Crippen molar-refractivity contribution in [3.8, 4) is 23.0 Å². The Bertz CT molecular complexity index is 1920. The zero-order valence-electron chi connectivity index (χ0n) is 24.9. The molecule has 1 fully saturated rings. The first-order valence-electron chi connectivity index (χ1n) is 14.6. The van der Waals surface area contributed by atoms with Gasteiger partial charge in [0.15, 0.2) is 0 Å². The molecule has 1 saturated heterocycles. The highest BCUT2D eigenvalue weighted by atomic mass is 35.5. The molecule has 9 nitrogen and oxygen atoms in total. The first-order valence-corrected chi connectivity index (χ1v) is 15.0. The molecular formula is C36H30ClNO8. The number of esters is 2. The van der Waals surface area contributed by atoms with Crippen molar-refractivity contribution < 1.29 is 38.0 Å². The fourth-order valence-electron chi connectivity index (χ4n) is 4.89. The summed E-state index contributed by atoms with van der Waals surface area (Å²) in [5.74, 6) is 0.615. The van der Waals surface area contributed by atoms with Crippen LogP contribution in [-0.4, -0.2) is 57.8 Å². The van der Waals surface area contributed by atoms with Crippen LogP contribution in [0.25, 0.3) is 21.5 Å². The highest BCUT2D eigenvalue weighted by Gasteiger charge is 2.22. The van der Waals surface area contributed by atoms with Gasteiger partial charge in [-0.2, -0.15) is 0 Å². The summed E-state index contributed by atoms with van der Waals surface area (Å²) >= 11 is 6.56. The normalized spacial score (nSPS) is 13.7. The molecule has 1 aliphatic rings. The second-order valence-electron chi connectivity index (χ2n) is 10.6. The number of ether oxygens (including phenoxy) is 6. The summed E-state index contributed by atoms with van der Waals surface area (Å²) in [5, 5.41) is 11.2. The number of hydrogen-bond acceptors (Lipinski definition) is 9. The van der Waals surface area contributed by atoms with Crippen molar-refractivity contribution in [3.63, 3.8) is 0 Å². The van der Waals surface area contributed by atoms with E-state index in [9.17, 15) is 9.59 Å². The van der Waals surface area contributed by atoms with Crippen molar-refractivity contribution in [2.24, 2.45) is 0 Å². The van der Waals surface area contributed by atoms with Gasteiger partial charge in [0, 0.05) is 30.2 Å². The number of carbonyl (C=O) groups excluding carboxylic acids is 2. The van der Waals surface area contributed by atoms with Gasteiger partial charge in [-0.3, -0.25) is 0 Å². The Morgan fingerprint density at radius 3 is 2.22 bits per heavy atom. The topological polar surface area (TPSA) is 117 Å². The van der Waals surface area contributed by atoms with Crippen molar-refractivity contribution in [2.75, 3.05) is 33.5 Å². The van der Waals surface area contributed by atoms with Crippen LogP contribution in [0.2, 0.25) is 5.02 Å². The maximum atomic E-state index is 13.1. The number of carbonyl (C=O) groups is 2. The fraction of sp³-hybridized carbons (Fsp3) is 0.194. The van der Waals surface area contributed by atoms with Crippen LogP contribution in [0.5, 0.6) is 23.0 Å². The average molecular weight is 640 g/mol. The second kappa shape index (κ2) is 14.0. The second-order valence-corrected chi connectivity index (χ2v) is 10.9. The van der Waals surface area contributed by atoms with Gasteiger partial charge in [0.2, 0.25) is 0 Å². The molecule has 1 aliphatic heterocycles. The molecule has 1 atom stereocenters. The summed E-state index contributed by atoms with van der Waals surface area (Å²) in [6.45, 7) is 2.47. The quantitative estimate of drug-likeness (QED) is 0.0470. The van der Waals surface area contributed by atoms with Crippen molar-refractivity contribution in [3.05, 3.63) is 107 Å². The molecule has 5 aromatic carbocycles. The number of methoxy groups -OCH3 is 1. The van der Waals surface area contributed by atoms with Crippen molar-refractivity contribution in [1.29, 1.82) is 5.41 Å². The molecule has 10 heteroatoms. The third-order valence-corrected chi connectivity index (χ3v) is 7.82. The molecule has 0 spiro atoms. The Labute approximate surface area is 270 Å². The predicted octanol–water partition coefficient (Wildman–Crippen LogP) is 7.28. The van der Waals surface area contributed by atoms with E-state index in [0.29, 0.717) is 63.8 Å². The van der Waals surface area contributed by atoms with Crippen molar-refractivity contribution in [2.45, 2.75) is 12.5 Å².